The van der Waals surface area contributed by atoms with Crippen LogP contribution in [0.1, 0.15) is 25.7 Å². The highest BCUT2D eigenvalue weighted by molar-refractivity contribution is 5.81. The molecule has 0 aromatic heterocycles. The molecule has 4 heteroatoms. The second kappa shape index (κ2) is 4.00. The molecular weight excluding hydrogens is 204 g/mol. The van der Waals surface area contributed by atoms with Crippen LogP contribution in [0.4, 0.5) is 0 Å². The van der Waals surface area contributed by atoms with E-state index in [2.05, 4.69) is 10.2 Å². The lowest BCUT2D eigenvalue weighted by Crippen LogP contribution is -2.68. The van der Waals surface area contributed by atoms with E-state index in [4.69, 9.17) is 4.74 Å². The number of hydrogen-bond acceptors (Lipinski definition) is 3. The van der Waals surface area contributed by atoms with E-state index < -0.39 is 0 Å². The first-order valence-electron chi connectivity index (χ1n) is 6.42. The molecule has 0 saturated carbocycles. The summed E-state index contributed by atoms with van der Waals surface area (Å²) in [6.45, 7) is 4.45. The third kappa shape index (κ3) is 1.55. The molecule has 1 amide bonds. The monoisotopic (exact) mass is 224 g/mol. The Morgan fingerprint density at radius 1 is 1.44 bits per heavy atom. The predicted octanol–water partition coefficient (Wildman–Crippen LogP) is 0.377. The molecule has 2 atom stereocenters. The van der Waals surface area contributed by atoms with Gasteiger partial charge in [0.25, 0.3) is 0 Å². The number of amides is 1. The first kappa shape index (κ1) is 10.5. The summed E-state index contributed by atoms with van der Waals surface area (Å²) < 4.78 is 5.31. The van der Waals surface area contributed by atoms with Gasteiger partial charge in [0.2, 0.25) is 5.91 Å². The average Bonchev–Trinajstić information content (AvgIpc) is 2.82. The summed E-state index contributed by atoms with van der Waals surface area (Å²) in [6, 6.07) is 0. The molecule has 1 spiro atoms. The normalized spacial score (nSPS) is 38.8. The van der Waals surface area contributed by atoms with Crippen molar-refractivity contribution in [2.24, 2.45) is 5.92 Å². The van der Waals surface area contributed by atoms with Crippen LogP contribution in [-0.2, 0) is 9.53 Å². The Morgan fingerprint density at radius 2 is 2.38 bits per heavy atom. The largest absolute Gasteiger partial charge is 0.381 e. The summed E-state index contributed by atoms with van der Waals surface area (Å²) in [7, 11) is 0. The van der Waals surface area contributed by atoms with E-state index in [0.717, 1.165) is 32.7 Å². The molecule has 0 unspecified atom stereocenters. The molecule has 3 heterocycles. The van der Waals surface area contributed by atoms with Crippen LogP contribution in [0.3, 0.4) is 0 Å². The van der Waals surface area contributed by atoms with E-state index in [1.54, 1.807) is 0 Å². The number of nitrogens with zero attached hydrogens (tertiary/aromatic N) is 1. The van der Waals surface area contributed by atoms with Gasteiger partial charge in [-0.05, 0) is 32.2 Å². The summed E-state index contributed by atoms with van der Waals surface area (Å²) in [4.78, 5) is 14.4. The van der Waals surface area contributed by atoms with E-state index in [0.29, 0.717) is 12.5 Å². The molecule has 3 saturated heterocycles. The van der Waals surface area contributed by atoms with E-state index in [1.165, 1.54) is 19.3 Å². The van der Waals surface area contributed by atoms with Gasteiger partial charge in [-0.3, -0.25) is 4.79 Å². The van der Waals surface area contributed by atoms with Gasteiger partial charge in [-0.25, -0.2) is 0 Å². The third-order valence-corrected chi connectivity index (χ3v) is 4.37. The van der Waals surface area contributed by atoms with Crippen LogP contribution < -0.4 is 5.32 Å². The van der Waals surface area contributed by atoms with Gasteiger partial charge in [0.1, 0.15) is 0 Å². The highest BCUT2D eigenvalue weighted by Gasteiger charge is 2.49. The maximum absolute atomic E-state index is 12.3. The number of nitrogens with one attached hydrogen (secondary N) is 1. The molecule has 0 aliphatic carbocycles. The van der Waals surface area contributed by atoms with Crippen LogP contribution in [0, 0.1) is 5.92 Å². The van der Waals surface area contributed by atoms with Crippen molar-refractivity contribution >= 4 is 5.91 Å². The number of likely N-dealkylation sites (tertiary alicyclic amines) is 1. The topological polar surface area (TPSA) is 41.6 Å². The number of carbonyl (C=O) groups is 1. The zero-order chi connectivity index (χ0) is 11.0. The molecule has 16 heavy (non-hydrogen) atoms. The lowest BCUT2D eigenvalue weighted by atomic mass is 9.77. The van der Waals surface area contributed by atoms with Gasteiger partial charge in [-0.1, -0.05) is 0 Å². The van der Waals surface area contributed by atoms with Crippen LogP contribution in [0.25, 0.3) is 0 Å². The van der Waals surface area contributed by atoms with E-state index >= 15 is 0 Å². The molecule has 3 fully saturated rings. The molecule has 3 rings (SSSR count). The van der Waals surface area contributed by atoms with Crippen LogP contribution in [-0.4, -0.2) is 49.2 Å². The van der Waals surface area contributed by atoms with Gasteiger partial charge in [0.15, 0.2) is 0 Å². The first-order valence-corrected chi connectivity index (χ1v) is 6.42. The van der Waals surface area contributed by atoms with Crippen LogP contribution in [0.2, 0.25) is 0 Å². The Labute approximate surface area is 96.3 Å². The molecule has 0 radical (unpaired) electrons. The highest BCUT2D eigenvalue weighted by Crippen LogP contribution is 2.38. The van der Waals surface area contributed by atoms with Crippen molar-refractivity contribution in [1.29, 1.82) is 0 Å². The summed E-state index contributed by atoms with van der Waals surface area (Å²) >= 11 is 0. The SMILES string of the molecule is O=C([C@H]1CCOC1)N1CC[C@]12CCCNC2. The number of carbonyl (C=O) groups excluding carboxylic acids is 1. The zero-order valence-electron chi connectivity index (χ0n) is 9.71. The summed E-state index contributed by atoms with van der Waals surface area (Å²) in [6.07, 6.45) is 4.47. The molecule has 4 nitrogen and oxygen atoms in total. The highest BCUT2D eigenvalue weighted by atomic mass is 16.5. The first-order chi connectivity index (χ1) is 7.82. The van der Waals surface area contributed by atoms with Gasteiger partial charge in [-0.2, -0.15) is 0 Å². The van der Waals surface area contributed by atoms with E-state index in [9.17, 15) is 4.79 Å². The minimum Gasteiger partial charge on any atom is -0.381 e. The Balaban J connectivity index is 1.67. The Bertz CT molecular complexity index is 281. The zero-order valence-corrected chi connectivity index (χ0v) is 9.71. The Kier molecular flexibility index (Phi) is 2.64. The predicted molar refractivity (Wildman–Crippen MR) is 60.1 cm³/mol. The fourth-order valence-electron chi connectivity index (χ4n) is 3.23. The number of hydrogen-bond donors (Lipinski definition) is 1. The van der Waals surface area contributed by atoms with Crippen molar-refractivity contribution in [3.8, 4) is 0 Å². The van der Waals surface area contributed by atoms with Crippen molar-refractivity contribution in [2.45, 2.75) is 31.2 Å². The molecule has 0 aromatic carbocycles. The lowest BCUT2D eigenvalue weighted by molar-refractivity contribution is -0.153. The summed E-state index contributed by atoms with van der Waals surface area (Å²) in [5, 5.41) is 3.43. The standard InChI is InChI=1S/C12H20N2O2/c15-11(10-2-7-16-8-10)14-6-4-12(14)3-1-5-13-9-12/h10,13H,1-9H2/t10-,12-/m0/s1. The fraction of sp³-hybridized carbons (Fsp3) is 0.917. The van der Waals surface area contributed by atoms with Crippen molar-refractivity contribution in [1.82, 2.24) is 10.2 Å². The van der Waals surface area contributed by atoms with Gasteiger partial charge >= 0.3 is 0 Å². The molecule has 3 aliphatic rings. The maximum Gasteiger partial charge on any atom is 0.228 e. The van der Waals surface area contributed by atoms with Crippen LogP contribution in [0.15, 0.2) is 0 Å². The van der Waals surface area contributed by atoms with Gasteiger partial charge in [0.05, 0.1) is 18.1 Å². The summed E-state index contributed by atoms with van der Waals surface area (Å²) in [5.41, 5.74) is 0.165. The van der Waals surface area contributed by atoms with Crippen molar-refractivity contribution in [3.05, 3.63) is 0 Å². The number of rotatable bonds is 1. The van der Waals surface area contributed by atoms with Crippen molar-refractivity contribution < 1.29 is 9.53 Å². The van der Waals surface area contributed by atoms with Crippen LogP contribution in [0.5, 0.6) is 0 Å². The second-order valence-electron chi connectivity index (χ2n) is 5.31. The minimum absolute atomic E-state index is 0.138. The third-order valence-electron chi connectivity index (χ3n) is 4.37. The average molecular weight is 224 g/mol. The number of ether oxygens (including phenoxy) is 1. The Hall–Kier alpha value is -0.610. The molecule has 0 bridgehead atoms. The number of piperidine rings is 1. The van der Waals surface area contributed by atoms with Crippen molar-refractivity contribution in [2.75, 3.05) is 32.8 Å². The molecule has 90 valence electrons. The van der Waals surface area contributed by atoms with Gasteiger partial charge in [0, 0.05) is 19.7 Å². The molecule has 1 N–H and O–H groups in total. The van der Waals surface area contributed by atoms with Crippen molar-refractivity contribution in [3.63, 3.8) is 0 Å². The Morgan fingerprint density at radius 3 is 2.94 bits per heavy atom. The quantitative estimate of drug-likeness (QED) is 0.700. The maximum atomic E-state index is 12.3. The summed E-state index contributed by atoms with van der Waals surface area (Å²) in [5.74, 6) is 0.478. The fourth-order valence-corrected chi connectivity index (χ4v) is 3.23. The van der Waals surface area contributed by atoms with E-state index in [-0.39, 0.29) is 11.5 Å². The smallest absolute Gasteiger partial charge is 0.228 e. The molecule has 0 aromatic rings. The minimum atomic E-state index is 0.138. The lowest BCUT2D eigenvalue weighted by Gasteiger charge is -2.55. The van der Waals surface area contributed by atoms with Crippen LogP contribution >= 0.6 is 0 Å². The van der Waals surface area contributed by atoms with Gasteiger partial charge < -0.3 is 15.0 Å². The molecule has 3 aliphatic heterocycles. The molecular formula is C12H20N2O2. The van der Waals surface area contributed by atoms with Gasteiger partial charge in [-0.15, -0.1) is 0 Å². The van der Waals surface area contributed by atoms with E-state index in [1.807, 2.05) is 0 Å². The second-order valence-corrected chi connectivity index (χ2v) is 5.31.